The van der Waals surface area contributed by atoms with E-state index in [1.165, 1.54) is 17.7 Å². The Hall–Kier alpha value is -2.60. The second-order valence-electron chi connectivity index (χ2n) is 5.03. The molecule has 0 atom stereocenters. The summed E-state index contributed by atoms with van der Waals surface area (Å²) < 4.78 is 28.5. The van der Waals surface area contributed by atoms with Gasteiger partial charge < -0.3 is 4.74 Å². The number of alkyl halides is 2. The van der Waals surface area contributed by atoms with E-state index in [1.807, 2.05) is 18.2 Å². The SMILES string of the molecule is C=CCCCc1cccc(C#Cc2ccc(OC(F)F)cc2)c1. The summed E-state index contributed by atoms with van der Waals surface area (Å²) in [7, 11) is 0. The molecule has 2 aromatic rings. The topological polar surface area (TPSA) is 9.23 Å². The van der Waals surface area contributed by atoms with Crippen molar-refractivity contribution in [2.24, 2.45) is 0 Å². The third kappa shape index (κ3) is 5.96. The first-order chi connectivity index (χ1) is 11.2. The molecule has 0 aromatic heterocycles. The monoisotopic (exact) mass is 312 g/mol. The van der Waals surface area contributed by atoms with Crippen molar-refractivity contribution in [3.63, 3.8) is 0 Å². The number of ether oxygens (including phenoxy) is 1. The standard InChI is InChI=1S/C20H18F2O/c1-2-3-4-6-17-7-5-8-18(15-17)10-9-16-11-13-19(14-12-16)23-20(21)22/h2,5,7-8,11-15,20H,1,3-4,6H2. The first kappa shape index (κ1) is 16.8. The predicted octanol–water partition coefficient (Wildman–Crippen LogP) is 5.20. The van der Waals surface area contributed by atoms with Gasteiger partial charge in [0.25, 0.3) is 0 Å². The normalized spacial score (nSPS) is 10.0. The quantitative estimate of drug-likeness (QED) is 0.405. The maximum atomic E-state index is 12.1. The molecule has 0 bridgehead atoms. The molecule has 0 N–H and O–H groups in total. The molecule has 0 heterocycles. The second-order valence-corrected chi connectivity index (χ2v) is 5.03. The first-order valence-corrected chi connectivity index (χ1v) is 7.44. The average Bonchev–Trinajstić information content (AvgIpc) is 2.54. The minimum atomic E-state index is -2.81. The number of hydrogen-bond donors (Lipinski definition) is 0. The van der Waals surface area contributed by atoms with E-state index in [-0.39, 0.29) is 5.75 Å². The lowest BCUT2D eigenvalue weighted by Crippen LogP contribution is -2.01. The van der Waals surface area contributed by atoms with Gasteiger partial charge in [-0.05, 0) is 61.2 Å². The van der Waals surface area contributed by atoms with Crippen molar-refractivity contribution in [1.82, 2.24) is 0 Å². The van der Waals surface area contributed by atoms with E-state index in [0.29, 0.717) is 0 Å². The Morgan fingerprint density at radius 2 is 1.78 bits per heavy atom. The largest absolute Gasteiger partial charge is 0.435 e. The molecular formula is C20H18F2O. The number of unbranched alkanes of at least 4 members (excludes halogenated alkanes) is 1. The number of aryl methyl sites for hydroxylation is 1. The lowest BCUT2D eigenvalue weighted by Gasteiger charge is -2.03. The van der Waals surface area contributed by atoms with Gasteiger partial charge in [-0.3, -0.25) is 0 Å². The van der Waals surface area contributed by atoms with Crippen LogP contribution in [0, 0.1) is 11.8 Å². The molecule has 0 radical (unpaired) electrons. The molecule has 0 saturated heterocycles. The molecule has 0 fully saturated rings. The van der Waals surface area contributed by atoms with Crippen LogP contribution in [0.2, 0.25) is 0 Å². The zero-order valence-corrected chi connectivity index (χ0v) is 12.8. The first-order valence-electron chi connectivity index (χ1n) is 7.44. The van der Waals surface area contributed by atoms with E-state index in [0.717, 1.165) is 30.4 Å². The molecule has 2 aromatic carbocycles. The number of allylic oxidation sites excluding steroid dienone is 1. The van der Waals surface area contributed by atoms with Gasteiger partial charge in [-0.1, -0.05) is 30.0 Å². The summed E-state index contributed by atoms with van der Waals surface area (Å²) in [6, 6.07) is 14.4. The van der Waals surface area contributed by atoms with Gasteiger partial charge in [-0.15, -0.1) is 6.58 Å². The minimum Gasteiger partial charge on any atom is -0.435 e. The zero-order valence-electron chi connectivity index (χ0n) is 12.8. The van der Waals surface area contributed by atoms with E-state index in [9.17, 15) is 8.78 Å². The van der Waals surface area contributed by atoms with E-state index >= 15 is 0 Å². The molecular weight excluding hydrogens is 294 g/mol. The zero-order chi connectivity index (χ0) is 16.5. The van der Waals surface area contributed by atoms with Gasteiger partial charge in [0, 0.05) is 11.1 Å². The number of halogens is 2. The maximum Gasteiger partial charge on any atom is 0.387 e. The highest BCUT2D eigenvalue weighted by molar-refractivity contribution is 5.45. The van der Waals surface area contributed by atoms with Crippen molar-refractivity contribution in [2.75, 3.05) is 0 Å². The molecule has 0 aliphatic rings. The van der Waals surface area contributed by atoms with Crippen molar-refractivity contribution in [3.8, 4) is 17.6 Å². The Bertz CT molecular complexity index is 694. The summed E-state index contributed by atoms with van der Waals surface area (Å²) in [5.41, 5.74) is 2.94. The number of rotatable bonds is 6. The lowest BCUT2D eigenvalue weighted by molar-refractivity contribution is -0.0498. The molecule has 23 heavy (non-hydrogen) atoms. The molecule has 0 unspecified atom stereocenters. The van der Waals surface area contributed by atoms with E-state index in [2.05, 4.69) is 35.3 Å². The Balaban J connectivity index is 2.03. The molecule has 118 valence electrons. The van der Waals surface area contributed by atoms with E-state index < -0.39 is 6.61 Å². The lowest BCUT2D eigenvalue weighted by atomic mass is 10.1. The van der Waals surface area contributed by atoms with Crippen molar-refractivity contribution in [3.05, 3.63) is 77.9 Å². The van der Waals surface area contributed by atoms with Crippen LogP contribution in [0.3, 0.4) is 0 Å². The molecule has 0 aliphatic carbocycles. The van der Waals surface area contributed by atoms with Crippen molar-refractivity contribution >= 4 is 0 Å². The number of benzene rings is 2. The van der Waals surface area contributed by atoms with Gasteiger partial charge in [0.05, 0.1) is 0 Å². The van der Waals surface area contributed by atoms with Gasteiger partial charge in [-0.2, -0.15) is 8.78 Å². The Kier molecular flexibility index (Phi) is 6.38. The highest BCUT2D eigenvalue weighted by Gasteiger charge is 2.02. The van der Waals surface area contributed by atoms with Crippen LogP contribution in [0.4, 0.5) is 8.78 Å². The van der Waals surface area contributed by atoms with Crippen molar-refractivity contribution in [1.29, 1.82) is 0 Å². The van der Waals surface area contributed by atoms with Gasteiger partial charge in [0.2, 0.25) is 0 Å². The van der Waals surface area contributed by atoms with Gasteiger partial charge in [0.15, 0.2) is 0 Å². The van der Waals surface area contributed by atoms with Crippen LogP contribution in [0.15, 0.2) is 61.2 Å². The fraction of sp³-hybridized carbons (Fsp3) is 0.200. The van der Waals surface area contributed by atoms with E-state index in [4.69, 9.17) is 0 Å². The summed E-state index contributed by atoms with van der Waals surface area (Å²) in [6.45, 7) is 0.912. The summed E-state index contributed by atoms with van der Waals surface area (Å²) >= 11 is 0. The Labute approximate surface area is 135 Å². The van der Waals surface area contributed by atoms with Crippen LogP contribution < -0.4 is 4.74 Å². The highest BCUT2D eigenvalue weighted by atomic mass is 19.3. The molecule has 0 saturated carbocycles. The Morgan fingerprint density at radius 3 is 2.48 bits per heavy atom. The molecule has 0 amide bonds. The van der Waals surface area contributed by atoms with Crippen LogP contribution in [0.25, 0.3) is 0 Å². The minimum absolute atomic E-state index is 0.134. The summed E-state index contributed by atoms with van der Waals surface area (Å²) in [4.78, 5) is 0. The second kappa shape index (κ2) is 8.75. The number of hydrogen-bond acceptors (Lipinski definition) is 1. The third-order valence-corrected chi connectivity index (χ3v) is 3.23. The van der Waals surface area contributed by atoms with Crippen LogP contribution in [-0.4, -0.2) is 6.61 Å². The third-order valence-electron chi connectivity index (χ3n) is 3.23. The van der Waals surface area contributed by atoms with Gasteiger partial charge >= 0.3 is 6.61 Å². The molecule has 1 nitrogen and oxygen atoms in total. The average molecular weight is 312 g/mol. The van der Waals surface area contributed by atoms with Gasteiger partial charge in [-0.25, -0.2) is 0 Å². The van der Waals surface area contributed by atoms with Crippen LogP contribution in [-0.2, 0) is 6.42 Å². The summed E-state index contributed by atoms with van der Waals surface area (Å²) in [6.07, 6.45) is 5.00. The van der Waals surface area contributed by atoms with Gasteiger partial charge in [0.1, 0.15) is 5.75 Å². The molecule has 2 rings (SSSR count). The van der Waals surface area contributed by atoms with Crippen LogP contribution in [0.1, 0.15) is 29.5 Å². The summed E-state index contributed by atoms with van der Waals surface area (Å²) in [5, 5.41) is 0. The fourth-order valence-corrected chi connectivity index (χ4v) is 2.12. The van der Waals surface area contributed by atoms with Crippen molar-refractivity contribution in [2.45, 2.75) is 25.9 Å². The summed E-state index contributed by atoms with van der Waals surface area (Å²) in [5.74, 6) is 6.25. The van der Waals surface area contributed by atoms with Crippen LogP contribution >= 0.6 is 0 Å². The molecule has 0 aliphatic heterocycles. The molecule has 0 spiro atoms. The van der Waals surface area contributed by atoms with E-state index in [1.54, 1.807) is 12.1 Å². The Morgan fingerprint density at radius 1 is 1.04 bits per heavy atom. The highest BCUT2D eigenvalue weighted by Crippen LogP contribution is 2.14. The smallest absolute Gasteiger partial charge is 0.387 e. The molecule has 3 heteroatoms. The van der Waals surface area contributed by atoms with Crippen molar-refractivity contribution < 1.29 is 13.5 Å². The maximum absolute atomic E-state index is 12.1. The predicted molar refractivity (Wildman–Crippen MR) is 88.6 cm³/mol. The van der Waals surface area contributed by atoms with Crippen LogP contribution in [0.5, 0.6) is 5.75 Å². The fourth-order valence-electron chi connectivity index (χ4n) is 2.12.